The summed E-state index contributed by atoms with van der Waals surface area (Å²) in [6.45, 7) is 6.25. The third-order valence-electron chi connectivity index (χ3n) is 9.12. The Morgan fingerprint density at radius 1 is 0.379 bits per heavy atom. The van der Waals surface area contributed by atoms with E-state index >= 15 is 0 Å². The summed E-state index contributed by atoms with van der Waals surface area (Å²) in [6.07, 6.45) is 60.8. The summed E-state index contributed by atoms with van der Waals surface area (Å²) in [5.74, 6) is -1.03. The molecule has 0 aromatic heterocycles. The van der Waals surface area contributed by atoms with E-state index in [0.717, 1.165) is 83.5 Å². The van der Waals surface area contributed by atoms with Gasteiger partial charge in [0.2, 0.25) is 0 Å². The minimum atomic E-state index is -0.819. The van der Waals surface area contributed by atoms with E-state index in [1.54, 1.807) is 0 Å². The zero-order valence-corrected chi connectivity index (χ0v) is 37.0. The first-order valence-electron chi connectivity index (χ1n) is 22.9. The molecule has 0 radical (unpaired) electrons. The molecule has 0 spiro atoms. The molecule has 0 aliphatic carbocycles. The van der Waals surface area contributed by atoms with Crippen LogP contribution in [-0.2, 0) is 28.6 Å². The summed E-state index contributed by atoms with van der Waals surface area (Å²) in [5, 5.41) is 0. The monoisotopic (exact) mass is 803 g/mol. The van der Waals surface area contributed by atoms with E-state index in [4.69, 9.17) is 14.2 Å². The van der Waals surface area contributed by atoms with Gasteiger partial charge in [-0.05, 0) is 77.0 Å². The summed E-state index contributed by atoms with van der Waals surface area (Å²) in [6, 6.07) is 0. The molecule has 0 rings (SSSR count). The Hall–Kier alpha value is -3.93. The molecule has 6 heteroatoms. The van der Waals surface area contributed by atoms with Crippen molar-refractivity contribution in [2.24, 2.45) is 0 Å². The van der Waals surface area contributed by atoms with E-state index in [9.17, 15) is 14.4 Å². The van der Waals surface area contributed by atoms with Gasteiger partial charge in [-0.15, -0.1) is 0 Å². The Bertz CT molecular complexity index is 1240. The number of ether oxygens (including phenoxy) is 3. The van der Waals surface area contributed by atoms with Gasteiger partial charge in [-0.2, -0.15) is 0 Å². The molecule has 1 unspecified atom stereocenters. The predicted octanol–water partition coefficient (Wildman–Crippen LogP) is 14.8. The average Bonchev–Trinajstić information content (AvgIpc) is 3.22. The van der Waals surface area contributed by atoms with Crippen molar-refractivity contribution in [3.8, 4) is 0 Å². The first kappa shape index (κ1) is 54.1. The van der Waals surface area contributed by atoms with Crippen molar-refractivity contribution in [3.63, 3.8) is 0 Å². The summed E-state index contributed by atoms with van der Waals surface area (Å²) in [5.41, 5.74) is 0. The molecule has 0 heterocycles. The lowest BCUT2D eigenvalue weighted by atomic mass is 10.1. The molecule has 0 aliphatic heterocycles. The summed E-state index contributed by atoms with van der Waals surface area (Å²) in [4.78, 5) is 37.7. The van der Waals surface area contributed by atoms with Gasteiger partial charge in [0, 0.05) is 19.3 Å². The summed E-state index contributed by atoms with van der Waals surface area (Å²) in [7, 11) is 0. The van der Waals surface area contributed by atoms with Crippen LogP contribution in [0, 0.1) is 0 Å². The average molecular weight is 803 g/mol. The topological polar surface area (TPSA) is 78.9 Å². The van der Waals surface area contributed by atoms with Gasteiger partial charge in [-0.3, -0.25) is 14.4 Å². The summed E-state index contributed by atoms with van der Waals surface area (Å²) >= 11 is 0. The minimum absolute atomic E-state index is 0.113. The third kappa shape index (κ3) is 43.2. The maximum absolute atomic E-state index is 12.7. The maximum Gasteiger partial charge on any atom is 0.306 e. The SMILES string of the molecule is CC\C=C/C=C\C=C/C=C\CCCCCC(=O)OC(COC(=O)CCC/C=C\C/C=C\C/C=C\C/C=C\C/C=C\CC)COC(=O)CCCCCCCCCCCC. The Kier molecular flexibility index (Phi) is 42.7. The highest BCUT2D eigenvalue weighted by Crippen LogP contribution is 2.13. The number of carbonyl (C=O) groups is 3. The molecule has 326 valence electrons. The minimum Gasteiger partial charge on any atom is -0.462 e. The van der Waals surface area contributed by atoms with Crippen LogP contribution in [0.1, 0.15) is 181 Å². The van der Waals surface area contributed by atoms with Crippen LogP contribution in [0.4, 0.5) is 0 Å². The third-order valence-corrected chi connectivity index (χ3v) is 9.12. The smallest absolute Gasteiger partial charge is 0.306 e. The number of rotatable bonds is 39. The Labute approximate surface area is 355 Å². The van der Waals surface area contributed by atoms with E-state index in [1.807, 2.05) is 36.5 Å². The number of carbonyl (C=O) groups excluding carboxylic acids is 3. The number of allylic oxidation sites excluding steroid dienone is 18. The van der Waals surface area contributed by atoms with Crippen LogP contribution in [0.15, 0.2) is 109 Å². The van der Waals surface area contributed by atoms with Gasteiger partial charge in [0.15, 0.2) is 6.10 Å². The molecular formula is C52H82O6. The molecule has 0 N–H and O–H groups in total. The van der Waals surface area contributed by atoms with Crippen molar-refractivity contribution in [1.82, 2.24) is 0 Å². The highest BCUT2D eigenvalue weighted by atomic mass is 16.6. The van der Waals surface area contributed by atoms with Crippen molar-refractivity contribution in [1.29, 1.82) is 0 Å². The Balaban J connectivity index is 4.55. The lowest BCUT2D eigenvalue weighted by molar-refractivity contribution is -0.167. The lowest BCUT2D eigenvalue weighted by Gasteiger charge is -2.18. The van der Waals surface area contributed by atoms with E-state index in [-0.39, 0.29) is 44.0 Å². The van der Waals surface area contributed by atoms with Crippen molar-refractivity contribution in [2.45, 2.75) is 187 Å². The van der Waals surface area contributed by atoms with Crippen LogP contribution in [0.3, 0.4) is 0 Å². The fourth-order valence-corrected chi connectivity index (χ4v) is 5.72. The van der Waals surface area contributed by atoms with Crippen molar-refractivity contribution in [2.75, 3.05) is 13.2 Å². The number of hydrogen-bond acceptors (Lipinski definition) is 6. The second kappa shape index (κ2) is 45.8. The van der Waals surface area contributed by atoms with Crippen LogP contribution in [-0.4, -0.2) is 37.2 Å². The second-order valence-corrected chi connectivity index (χ2v) is 14.6. The van der Waals surface area contributed by atoms with Crippen LogP contribution in [0.25, 0.3) is 0 Å². The molecule has 6 nitrogen and oxygen atoms in total. The highest BCUT2D eigenvalue weighted by Gasteiger charge is 2.19. The van der Waals surface area contributed by atoms with Gasteiger partial charge in [-0.1, -0.05) is 194 Å². The Morgan fingerprint density at radius 3 is 1.31 bits per heavy atom. The van der Waals surface area contributed by atoms with Gasteiger partial charge in [0.05, 0.1) is 0 Å². The number of unbranched alkanes of at least 4 members (excludes halogenated alkanes) is 13. The summed E-state index contributed by atoms with van der Waals surface area (Å²) < 4.78 is 16.6. The van der Waals surface area contributed by atoms with Crippen LogP contribution in [0.5, 0.6) is 0 Å². The van der Waals surface area contributed by atoms with Gasteiger partial charge in [0.1, 0.15) is 13.2 Å². The molecule has 0 bridgehead atoms. The quantitative estimate of drug-likeness (QED) is 0.0202. The van der Waals surface area contributed by atoms with Crippen molar-refractivity contribution >= 4 is 17.9 Å². The standard InChI is InChI=1S/C52H82O6/c1-4-7-10-13-16-19-22-24-25-26-27-29-30-33-36-39-42-45-51(54)57-48-49(47-56-50(53)44-41-38-35-32-21-18-15-12-9-6-3)58-52(55)46-43-40-37-34-31-28-23-20-17-14-11-8-5-2/h7-8,10-11,14,16-17,19-20,23-25,27-29,31,33,36,49H,4-6,9,12-13,15,18,21-22,26,30,32,34-35,37-48H2,1-3H3/b10-7-,11-8-,17-14-,19-16-,23-20-,25-24-,29-27-,31-28-,36-33-. The van der Waals surface area contributed by atoms with Crippen molar-refractivity contribution < 1.29 is 28.6 Å². The predicted molar refractivity (Wildman–Crippen MR) is 247 cm³/mol. The van der Waals surface area contributed by atoms with Gasteiger partial charge in [-0.25, -0.2) is 0 Å². The molecule has 0 saturated carbocycles. The second-order valence-electron chi connectivity index (χ2n) is 14.6. The van der Waals surface area contributed by atoms with Gasteiger partial charge < -0.3 is 14.2 Å². The highest BCUT2D eigenvalue weighted by molar-refractivity contribution is 5.71. The first-order chi connectivity index (χ1) is 28.5. The van der Waals surface area contributed by atoms with Crippen LogP contribution in [0.2, 0.25) is 0 Å². The fraction of sp³-hybridized carbons (Fsp3) is 0.596. The van der Waals surface area contributed by atoms with E-state index in [1.165, 1.54) is 44.9 Å². The zero-order chi connectivity index (χ0) is 42.3. The number of esters is 3. The largest absolute Gasteiger partial charge is 0.462 e. The molecule has 0 saturated heterocycles. The van der Waals surface area contributed by atoms with Gasteiger partial charge in [0.25, 0.3) is 0 Å². The molecule has 1 atom stereocenters. The maximum atomic E-state index is 12.7. The molecular weight excluding hydrogens is 721 g/mol. The van der Waals surface area contributed by atoms with E-state index in [0.29, 0.717) is 19.3 Å². The fourth-order valence-electron chi connectivity index (χ4n) is 5.72. The molecule has 0 aromatic carbocycles. The van der Waals surface area contributed by atoms with Crippen molar-refractivity contribution in [3.05, 3.63) is 109 Å². The molecule has 58 heavy (non-hydrogen) atoms. The lowest BCUT2D eigenvalue weighted by Crippen LogP contribution is -2.30. The molecule has 0 aliphatic rings. The van der Waals surface area contributed by atoms with Crippen LogP contribution >= 0.6 is 0 Å². The zero-order valence-electron chi connectivity index (χ0n) is 37.0. The van der Waals surface area contributed by atoms with Crippen LogP contribution < -0.4 is 0 Å². The Morgan fingerprint density at radius 2 is 0.776 bits per heavy atom. The first-order valence-corrected chi connectivity index (χ1v) is 22.9. The molecule has 0 fully saturated rings. The molecule has 0 amide bonds. The van der Waals surface area contributed by atoms with E-state index < -0.39 is 6.10 Å². The van der Waals surface area contributed by atoms with Gasteiger partial charge >= 0.3 is 17.9 Å². The van der Waals surface area contributed by atoms with E-state index in [2.05, 4.69) is 93.7 Å². The normalized spacial score (nSPS) is 13.1. The number of hydrogen-bond donors (Lipinski definition) is 0. The molecule has 0 aromatic rings.